The van der Waals surface area contributed by atoms with Crippen molar-refractivity contribution < 1.29 is 0 Å². The first-order valence-corrected chi connectivity index (χ1v) is 7.54. The lowest BCUT2D eigenvalue weighted by Gasteiger charge is -2.24. The maximum atomic E-state index is 4.36. The number of hydrogen-bond donors (Lipinski definition) is 1. The van der Waals surface area contributed by atoms with Gasteiger partial charge in [-0.25, -0.2) is 4.98 Å². The Morgan fingerprint density at radius 1 is 1.42 bits per heavy atom. The first-order chi connectivity index (χ1) is 9.25. The number of nitrogens with zero attached hydrogens (tertiary/aromatic N) is 2. The monoisotopic (exact) mass is 319 g/mol. The summed E-state index contributed by atoms with van der Waals surface area (Å²) in [6, 6.07) is 6.39. The second-order valence-electron chi connectivity index (χ2n) is 5.16. The third-order valence-electron chi connectivity index (χ3n) is 3.80. The molecule has 1 fully saturated rings. The van der Waals surface area contributed by atoms with Crippen molar-refractivity contribution in [1.82, 2.24) is 14.9 Å². The third kappa shape index (κ3) is 2.60. The number of halogens is 1. The molecule has 0 spiro atoms. The number of hydrogen-bond acceptors (Lipinski definition) is 2. The number of aromatic nitrogens is 2. The van der Waals surface area contributed by atoms with Gasteiger partial charge in [-0.15, -0.1) is 0 Å². The van der Waals surface area contributed by atoms with Crippen LogP contribution in [-0.2, 0) is 0 Å². The Morgan fingerprint density at radius 3 is 3.05 bits per heavy atom. The van der Waals surface area contributed by atoms with Crippen LogP contribution < -0.4 is 5.32 Å². The van der Waals surface area contributed by atoms with Gasteiger partial charge >= 0.3 is 0 Å². The first-order valence-electron chi connectivity index (χ1n) is 6.75. The fraction of sp³-hybridized carbons (Fsp3) is 0.400. The third-order valence-corrected chi connectivity index (χ3v) is 4.29. The van der Waals surface area contributed by atoms with Crippen LogP contribution in [-0.4, -0.2) is 22.6 Å². The Bertz CT molecular complexity index is 571. The van der Waals surface area contributed by atoms with E-state index in [0.29, 0.717) is 5.92 Å². The Balaban J connectivity index is 1.99. The van der Waals surface area contributed by atoms with Crippen molar-refractivity contribution in [3.05, 3.63) is 46.5 Å². The molecular weight excluding hydrogens is 302 g/mol. The predicted molar refractivity (Wildman–Crippen MR) is 80.8 cm³/mol. The molecule has 1 N–H and O–H groups in total. The van der Waals surface area contributed by atoms with E-state index in [1.807, 2.05) is 12.5 Å². The number of imidazole rings is 1. The van der Waals surface area contributed by atoms with Crippen LogP contribution in [0.4, 0.5) is 0 Å². The van der Waals surface area contributed by atoms with E-state index in [-0.39, 0.29) is 0 Å². The minimum absolute atomic E-state index is 0.569. The van der Waals surface area contributed by atoms with Crippen LogP contribution in [0.1, 0.15) is 30.0 Å². The van der Waals surface area contributed by atoms with Gasteiger partial charge in [-0.3, -0.25) is 0 Å². The van der Waals surface area contributed by atoms with Crippen molar-refractivity contribution in [1.29, 1.82) is 0 Å². The van der Waals surface area contributed by atoms with Gasteiger partial charge in [-0.2, -0.15) is 0 Å². The van der Waals surface area contributed by atoms with E-state index in [1.54, 1.807) is 0 Å². The van der Waals surface area contributed by atoms with E-state index in [2.05, 4.69) is 55.9 Å². The Labute approximate surface area is 122 Å². The van der Waals surface area contributed by atoms with Gasteiger partial charge in [0.1, 0.15) is 0 Å². The summed E-state index contributed by atoms with van der Waals surface area (Å²) in [4.78, 5) is 4.36. The normalized spacial score (nSPS) is 19.6. The molecule has 0 amide bonds. The van der Waals surface area contributed by atoms with Crippen LogP contribution in [0.15, 0.2) is 35.2 Å². The summed E-state index contributed by atoms with van der Waals surface area (Å²) in [6.45, 7) is 4.34. The molecular formula is C15H18BrN3. The highest BCUT2D eigenvalue weighted by atomic mass is 79.9. The van der Waals surface area contributed by atoms with E-state index in [9.17, 15) is 0 Å². The summed E-state index contributed by atoms with van der Waals surface area (Å²) in [5, 5.41) is 3.48. The van der Waals surface area contributed by atoms with Gasteiger partial charge in [-0.05, 0) is 50.1 Å². The molecule has 0 radical (unpaired) electrons. The second kappa shape index (κ2) is 5.47. The van der Waals surface area contributed by atoms with Crippen LogP contribution in [0.5, 0.6) is 0 Å². The minimum atomic E-state index is 0.569. The van der Waals surface area contributed by atoms with Crippen molar-refractivity contribution in [2.45, 2.75) is 25.7 Å². The molecule has 3 nitrogen and oxygen atoms in total. The van der Waals surface area contributed by atoms with Gasteiger partial charge in [0.2, 0.25) is 0 Å². The molecule has 1 aliphatic heterocycles. The number of piperidine rings is 1. The zero-order valence-corrected chi connectivity index (χ0v) is 12.7. The van der Waals surface area contributed by atoms with Crippen LogP contribution >= 0.6 is 15.9 Å². The van der Waals surface area contributed by atoms with E-state index in [0.717, 1.165) is 17.6 Å². The van der Waals surface area contributed by atoms with Crippen molar-refractivity contribution >= 4 is 15.9 Å². The van der Waals surface area contributed by atoms with E-state index < -0.39 is 0 Å². The number of nitrogens with one attached hydrogen (secondary N) is 1. The Hall–Kier alpha value is -1.13. The van der Waals surface area contributed by atoms with Gasteiger partial charge in [0.15, 0.2) is 0 Å². The highest BCUT2D eigenvalue weighted by Crippen LogP contribution is 2.27. The van der Waals surface area contributed by atoms with Gasteiger partial charge in [-0.1, -0.05) is 15.9 Å². The van der Waals surface area contributed by atoms with Gasteiger partial charge in [0, 0.05) is 34.5 Å². The molecule has 3 rings (SSSR count). The highest BCUT2D eigenvalue weighted by Gasteiger charge is 2.19. The highest BCUT2D eigenvalue weighted by molar-refractivity contribution is 9.10. The molecule has 100 valence electrons. The molecule has 2 aromatic rings. The maximum Gasteiger partial charge on any atom is 0.0994 e. The van der Waals surface area contributed by atoms with Crippen molar-refractivity contribution in [3.8, 4) is 5.69 Å². The van der Waals surface area contributed by atoms with Crippen molar-refractivity contribution in [2.24, 2.45) is 0 Å². The zero-order chi connectivity index (χ0) is 13.2. The van der Waals surface area contributed by atoms with Crippen molar-refractivity contribution in [3.63, 3.8) is 0 Å². The van der Waals surface area contributed by atoms with Crippen LogP contribution in [0, 0.1) is 6.92 Å². The number of aryl methyl sites for hydroxylation is 1. The smallest absolute Gasteiger partial charge is 0.0994 e. The minimum Gasteiger partial charge on any atom is -0.316 e. The summed E-state index contributed by atoms with van der Waals surface area (Å²) in [5.41, 5.74) is 3.80. The zero-order valence-electron chi connectivity index (χ0n) is 11.1. The van der Waals surface area contributed by atoms with Crippen molar-refractivity contribution in [2.75, 3.05) is 13.1 Å². The molecule has 0 saturated carbocycles. The predicted octanol–water partition coefficient (Wildman–Crippen LogP) is 3.41. The Morgan fingerprint density at radius 2 is 2.32 bits per heavy atom. The lowest BCUT2D eigenvalue weighted by atomic mass is 9.96. The molecule has 1 atom stereocenters. The topological polar surface area (TPSA) is 29.9 Å². The summed E-state index contributed by atoms with van der Waals surface area (Å²) in [7, 11) is 0. The molecule has 2 heterocycles. The molecule has 0 aliphatic carbocycles. The molecule has 19 heavy (non-hydrogen) atoms. The molecule has 1 aromatic heterocycles. The molecule has 1 aromatic carbocycles. The largest absolute Gasteiger partial charge is 0.316 e. The summed E-state index contributed by atoms with van der Waals surface area (Å²) >= 11 is 3.52. The molecule has 4 heteroatoms. The van der Waals surface area contributed by atoms with E-state index in [4.69, 9.17) is 0 Å². The molecule has 1 saturated heterocycles. The van der Waals surface area contributed by atoms with Crippen LogP contribution in [0.2, 0.25) is 0 Å². The van der Waals surface area contributed by atoms with Gasteiger partial charge in [0.25, 0.3) is 0 Å². The van der Waals surface area contributed by atoms with E-state index >= 15 is 0 Å². The fourth-order valence-electron chi connectivity index (χ4n) is 2.80. The SMILES string of the molecule is Cc1cc(Br)ccc1-n1cncc1C1CCCNC1. The van der Waals surface area contributed by atoms with Gasteiger partial charge < -0.3 is 9.88 Å². The van der Waals surface area contributed by atoms with Gasteiger partial charge in [0.05, 0.1) is 6.33 Å². The standard InChI is InChI=1S/C15H18BrN3/c1-11-7-13(16)4-5-14(11)19-10-18-9-15(19)12-3-2-6-17-8-12/h4-5,7,9-10,12,17H,2-3,6,8H2,1H3. The second-order valence-corrected chi connectivity index (χ2v) is 6.08. The maximum absolute atomic E-state index is 4.36. The summed E-state index contributed by atoms with van der Waals surface area (Å²) in [6.07, 6.45) is 6.43. The molecule has 0 bridgehead atoms. The quantitative estimate of drug-likeness (QED) is 0.919. The summed E-state index contributed by atoms with van der Waals surface area (Å²) < 4.78 is 3.36. The summed E-state index contributed by atoms with van der Waals surface area (Å²) in [5.74, 6) is 0.569. The molecule has 1 aliphatic rings. The molecule has 1 unspecified atom stereocenters. The average Bonchev–Trinajstić information content (AvgIpc) is 2.89. The van der Waals surface area contributed by atoms with E-state index in [1.165, 1.54) is 29.8 Å². The Kier molecular flexibility index (Phi) is 3.71. The van der Waals surface area contributed by atoms with Crippen LogP contribution in [0.3, 0.4) is 0 Å². The number of benzene rings is 1. The first kappa shape index (κ1) is 12.9. The number of rotatable bonds is 2. The lowest BCUT2D eigenvalue weighted by Crippen LogP contribution is -2.29. The average molecular weight is 320 g/mol. The lowest BCUT2D eigenvalue weighted by molar-refractivity contribution is 0.451. The van der Waals surface area contributed by atoms with Crippen LogP contribution in [0.25, 0.3) is 5.69 Å². The fourth-order valence-corrected chi connectivity index (χ4v) is 3.28.